The minimum Gasteiger partial charge on any atom is -0.462 e. The molecule has 0 radical (unpaired) electrons. The number of ether oxygens (including phenoxy) is 3. The number of hydrogen-bond acceptors (Lipinski definition) is 6. The summed E-state index contributed by atoms with van der Waals surface area (Å²) in [6.07, 6.45) is 70.9. The second-order valence-electron chi connectivity index (χ2n) is 22.0. The first kappa shape index (κ1) is 69.2. The summed E-state index contributed by atoms with van der Waals surface area (Å²) in [7, 11) is 0. The molecule has 0 N–H and O–H groups in total. The van der Waals surface area contributed by atoms with Crippen molar-refractivity contribution in [3.8, 4) is 0 Å². The Labute approximate surface area is 443 Å². The first-order chi connectivity index (χ1) is 35.0. The van der Waals surface area contributed by atoms with E-state index < -0.39 is 6.10 Å². The largest absolute Gasteiger partial charge is 0.462 e. The summed E-state index contributed by atoms with van der Waals surface area (Å²) < 4.78 is 16.9. The SMILES string of the molecule is CCCCCCCC/C=C\CCCCCCCCCCCC(=O)OC(COC(=O)CCCCCCCCCCCC)COC(=O)CCCCCCCCCCCCCCCCCCCCCCCCCC. The Morgan fingerprint density at radius 2 is 0.465 bits per heavy atom. The van der Waals surface area contributed by atoms with E-state index in [-0.39, 0.29) is 31.1 Å². The molecule has 0 aromatic rings. The first-order valence-corrected chi connectivity index (χ1v) is 32.2. The van der Waals surface area contributed by atoms with Gasteiger partial charge in [0, 0.05) is 19.3 Å². The third-order valence-electron chi connectivity index (χ3n) is 14.8. The number of carbonyl (C=O) groups is 3. The van der Waals surface area contributed by atoms with E-state index in [1.807, 2.05) is 0 Å². The third kappa shape index (κ3) is 58.9. The van der Waals surface area contributed by atoms with Crippen molar-refractivity contribution in [3.05, 3.63) is 12.2 Å². The van der Waals surface area contributed by atoms with Crippen LogP contribution in [-0.2, 0) is 28.6 Å². The quantitative estimate of drug-likeness (QED) is 0.0261. The molecular weight excluding hydrogens is 877 g/mol. The molecular formula is C65H124O6. The Bertz CT molecular complexity index is 1100. The van der Waals surface area contributed by atoms with E-state index >= 15 is 0 Å². The molecule has 6 heteroatoms. The van der Waals surface area contributed by atoms with Crippen molar-refractivity contribution in [2.45, 2.75) is 374 Å². The number of rotatable bonds is 60. The topological polar surface area (TPSA) is 78.9 Å². The average Bonchev–Trinajstić information content (AvgIpc) is 3.37. The van der Waals surface area contributed by atoms with Gasteiger partial charge in [-0.1, -0.05) is 315 Å². The summed E-state index contributed by atoms with van der Waals surface area (Å²) in [4.78, 5) is 38.2. The van der Waals surface area contributed by atoms with Gasteiger partial charge in [-0.25, -0.2) is 0 Å². The molecule has 0 fully saturated rings. The third-order valence-corrected chi connectivity index (χ3v) is 14.8. The highest BCUT2D eigenvalue weighted by atomic mass is 16.6. The molecule has 0 aliphatic heterocycles. The Kier molecular flexibility index (Phi) is 59.1. The van der Waals surface area contributed by atoms with Crippen LogP contribution in [0, 0.1) is 0 Å². The summed E-state index contributed by atoms with van der Waals surface area (Å²) in [6.45, 7) is 6.69. The molecule has 0 bridgehead atoms. The normalized spacial score (nSPS) is 12.0. The lowest BCUT2D eigenvalue weighted by Gasteiger charge is -2.18. The highest BCUT2D eigenvalue weighted by Crippen LogP contribution is 2.18. The molecule has 0 heterocycles. The molecule has 6 nitrogen and oxygen atoms in total. The lowest BCUT2D eigenvalue weighted by molar-refractivity contribution is -0.167. The molecule has 0 aromatic heterocycles. The second kappa shape index (κ2) is 60.7. The monoisotopic (exact) mass is 1000 g/mol. The average molecular weight is 1000 g/mol. The van der Waals surface area contributed by atoms with E-state index in [1.165, 1.54) is 270 Å². The van der Waals surface area contributed by atoms with Gasteiger partial charge in [-0.2, -0.15) is 0 Å². The van der Waals surface area contributed by atoms with Crippen LogP contribution < -0.4 is 0 Å². The first-order valence-electron chi connectivity index (χ1n) is 32.2. The second-order valence-corrected chi connectivity index (χ2v) is 22.0. The predicted octanol–water partition coefficient (Wildman–Crippen LogP) is 21.7. The van der Waals surface area contributed by atoms with Crippen LogP contribution in [0.4, 0.5) is 0 Å². The molecule has 0 aliphatic rings. The van der Waals surface area contributed by atoms with Gasteiger partial charge in [0.2, 0.25) is 0 Å². The highest BCUT2D eigenvalue weighted by Gasteiger charge is 2.19. The van der Waals surface area contributed by atoms with Gasteiger partial charge >= 0.3 is 17.9 Å². The van der Waals surface area contributed by atoms with E-state index in [4.69, 9.17) is 14.2 Å². The molecule has 71 heavy (non-hydrogen) atoms. The number of carbonyl (C=O) groups excluding carboxylic acids is 3. The molecule has 0 spiro atoms. The number of allylic oxidation sites excluding steroid dienone is 2. The van der Waals surface area contributed by atoms with Crippen molar-refractivity contribution >= 4 is 17.9 Å². The lowest BCUT2D eigenvalue weighted by atomic mass is 10.0. The van der Waals surface area contributed by atoms with E-state index in [0.29, 0.717) is 19.3 Å². The van der Waals surface area contributed by atoms with Crippen LogP contribution in [-0.4, -0.2) is 37.2 Å². The molecule has 0 saturated carbocycles. The highest BCUT2D eigenvalue weighted by molar-refractivity contribution is 5.71. The van der Waals surface area contributed by atoms with Gasteiger partial charge in [-0.3, -0.25) is 14.4 Å². The van der Waals surface area contributed by atoms with Gasteiger partial charge in [0.15, 0.2) is 6.10 Å². The zero-order valence-electron chi connectivity index (χ0n) is 48.3. The zero-order chi connectivity index (χ0) is 51.4. The summed E-state index contributed by atoms with van der Waals surface area (Å²) in [6, 6.07) is 0. The Morgan fingerprint density at radius 1 is 0.268 bits per heavy atom. The van der Waals surface area contributed by atoms with E-state index in [9.17, 15) is 14.4 Å². The van der Waals surface area contributed by atoms with Crippen LogP contribution in [0.3, 0.4) is 0 Å². The van der Waals surface area contributed by atoms with Crippen LogP contribution in [0.5, 0.6) is 0 Å². The van der Waals surface area contributed by atoms with Crippen LogP contribution in [0.15, 0.2) is 12.2 Å². The summed E-state index contributed by atoms with van der Waals surface area (Å²) in [5, 5.41) is 0. The fourth-order valence-electron chi connectivity index (χ4n) is 9.91. The van der Waals surface area contributed by atoms with Crippen molar-refractivity contribution in [2.75, 3.05) is 13.2 Å². The molecule has 420 valence electrons. The van der Waals surface area contributed by atoms with Crippen molar-refractivity contribution in [2.24, 2.45) is 0 Å². The van der Waals surface area contributed by atoms with E-state index in [0.717, 1.165) is 57.8 Å². The zero-order valence-corrected chi connectivity index (χ0v) is 48.3. The predicted molar refractivity (Wildman–Crippen MR) is 307 cm³/mol. The van der Waals surface area contributed by atoms with Gasteiger partial charge in [0.05, 0.1) is 0 Å². The van der Waals surface area contributed by atoms with Crippen LogP contribution in [0.2, 0.25) is 0 Å². The Hall–Kier alpha value is -1.85. The number of unbranched alkanes of at least 4 members (excludes halogenated alkanes) is 47. The Morgan fingerprint density at radius 3 is 0.704 bits per heavy atom. The molecule has 0 amide bonds. The molecule has 0 aliphatic carbocycles. The van der Waals surface area contributed by atoms with Gasteiger partial charge < -0.3 is 14.2 Å². The number of esters is 3. The maximum Gasteiger partial charge on any atom is 0.306 e. The smallest absolute Gasteiger partial charge is 0.306 e. The van der Waals surface area contributed by atoms with Crippen molar-refractivity contribution in [3.63, 3.8) is 0 Å². The van der Waals surface area contributed by atoms with Crippen LogP contribution in [0.1, 0.15) is 367 Å². The fraction of sp³-hybridized carbons (Fsp3) is 0.923. The van der Waals surface area contributed by atoms with E-state index in [1.54, 1.807) is 0 Å². The maximum atomic E-state index is 12.9. The van der Waals surface area contributed by atoms with Crippen LogP contribution >= 0.6 is 0 Å². The van der Waals surface area contributed by atoms with Crippen molar-refractivity contribution in [1.29, 1.82) is 0 Å². The fourth-order valence-corrected chi connectivity index (χ4v) is 9.91. The minimum atomic E-state index is -0.766. The van der Waals surface area contributed by atoms with E-state index in [2.05, 4.69) is 32.9 Å². The van der Waals surface area contributed by atoms with Crippen molar-refractivity contribution < 1.29 is 28.6 Å². The van der Waals surface area contributed by atoms with Gasteiger partial charge in [-0.15, -0.1) is 0 Å². The summed E-state index contributed by atoms with van der Waals surface area (Å²) >= 11 is 0. The summed E-state index contributed by atoms with van der Waals surface area (Å²) in [5.74, 6) is -0.840. The van der Waals surface area contributed by atoms with Gasteiger partial charge in [0.1, 0.15) is 13.2 Å². The van der Waals surface area contributed by atoms with Crippen molar-refractivity contribution in [1.82, 2.24) is 0 Å². The summed E-state index contributed by atoms with van der Waals surface area (Å²) in [5.41, 5.74) is 0. The minimum absolute atomic E-state index is 0.0645. The molecule has 1 unspecified atom stereocenters. The standard InChI is InChI=1S/C65H124O6/c1-4-7-10-13-16-19-22-24-26-28-30-31-32-33-34-36-37-39-41-43-46-49-52-55-58-64(67)70-61-62(60-69-63(66)57-54-51-48-45-21-18-15-12-9-6-3)71-65(68)59-56-53-50-47-44-42-40-38-35-29-27-25-23-20-17-14-11-8-5-2/h25,27,62H,4-24,26,28-61H2,1-3H3/b27-25-. The number of hydrogen-bond donors (Lipinski definition) is 0. The molecule has 0 saturated heterocycles. The Balaban J connectivity index is 4.17. The van der Waals surface area contributed by atoms with Gasteiger partial charge in [-0.05, 0) is 44.9 Å². The van der Waals surface area contributed by atoms with Gasteiger partial charge in [0.25, 0.3) is 0 Å². The lowest BCUT2D eigenvalue weighted by Crippen LogP contribution is -2.30. The molecule has 1 atom stereocenters. The molecule has 0 aromatic carbocycles. The maximum absolute atomic E-state index is 12.9. The molecule has 0 rings (SSSR count). The van der Waals surface area contributed by atoms with Crippen LogP contribution in [0.25, 0.3) is 0 Å².